The number of likely N-dealkylation sites (tertiary alicyclic amines) is 1. The minimum Gasteiger partial charge on any atom is -0.338 e. The van der Waals surface area contributed by atoms with Gasteiger partial charge in [-0.1, -0.05) is 23.7 Å². The molecule has 9 heteroatoms. The van der Waals surface area contributed by atoms with Gasteiger partial charge in [-0.3, -0.25) is 14.3 Å². The third-order valence-electron chi connectivity index (χ3n) is 5.28. The van der Waals surface area contributed by atoms with Crippen molar-refractivity contribution in [3.05, 3.63) is 88.9 Å². The number of amides is 2. The number of nitrogens with zero attached hydrogens (tertiary/aromatic N) is 1. The van der Waals surface area contributed by atoms with E-state index in [9.17, 15) is 18.0 Å². The van der Waals surface area contributed by atoms with E-state index < -0.39 is 10.0 Å². The summed E-state index contributed by atoms with van der Waals surface area (Å²) in [7, 11) is -3.78. The van der Waals surface area contributed by atoms with Gasteiger partial charge in [-0.15, -0.1) is 0 Å². The van der Waals surface area contributed by atoms with Crippen LogP contribution in [0, 0.1) is 0 Å². The van der Waals surface area contributed by atoms with Crippen molar-refractivity contribution < 1.29 is 18.0 Å². The molecule has 0 saturated carbocycles. The normalized spacial score (nSPS) is 13.7. The van der Waals surface area contributed by atoms with Gasteiger partial charge in [0.2, 0.25) is 5.91 Å². The summed E-state index contributed by atoms with van der Waals surface area (Å²) in [6.45, 7) is 1.31. The highest BCUT2D eigenvalue weighted by atomic mass is 35.5. The molecule has 2 amide bonds. The zero-order chi connectivity index (χ0) is 23.4. The van der Waals surface area contributed by atoms with Crippen LogP contribution in [0.2, 0.25) is 5.02 Å². The van der Waals surface area contributed by atoms with Crippen LogP contribution in [0.25, 0.3) is 0 Å². The molecule has 33 heavy (non-hydrogen) atoms. The molecule has 1 aliphatic rings. The average molecular weight is 484 g/mol. The Morgan fingerprint density at radius 1 is 0.909 bits per heavy atom. The van der Waals surface area contributed by atoms with Crippen LogP contribution in [0.1, 0.15) is 28.8 Å². The molecular formula is C24H22ClN3O4S. The second-order valence-electron chi connectivity index (χ2n) is 7.71. The average Bonchev–Trinajstić information content (AvgIpc) is 3.20. The first-order valence-electron chi connectivity index (χ1n) is 10.4. The minimum absolute atomic E-state index is 0.0660. The predicted octanol–water partition coefficient (Wildman–Crippen LogP) is 4.52. The maximum absolute atomic E-state index is 12.6. The third kappa shape index (κ3) is 5.71. The number of rotatable bonds is 7. The molecule has 0 atom stereocenters. The number of carbonyl (C=O) groups is 2. The molecule has 0 unspecified atom stereocenters. The molecule has 170 valence electrons. The minimum atomic E-state index is -3.78. The second-order valence-corrected chi connectivity index (χ2v) is 9.83. The standard InChI is InChI=1S/C24H22ClN3O4S/c25-19-7-9-21(10-8-19)27-33(31,32)22-13-11-20(12-14-22)26-24(30)18-5-3-17(4-6-18)16-28-15-1-2-23(28)29/h3-14,27H,1-2,15-16H2,(H,26,30). The molecule has 4 rings (SSSR count). The molecule has 0 aliphatic carbocycles. The Balaban J connectivity index is 1.37. The van der Waals surface area contributed by atoms with Crippen molar-refractivity contribution in [2.75, 3.05) is 16.6 Å². The van der Waals surface area contributed by atoms with Crippen LogP contribution in [0.15, 0.2) is 77.7 Å². The summed E-state index contributed by atoms with van der Waals surface area (Å²) in [5.41, 5.74) is 2.30. The van der Waals surface area contributed by atoms with E-state index in [-0.39, 0.29) is 16.7 Å². The largest absolute Gasteiger partial charge is 0.338 e. The van der Waals surface area contributed by atoms with E-state index in [0.717, 1.165) is 18.5 Å². The van der Waals surface area contributed by atoms with Crippen molar-refractivity contribution in [1.82, 2.24) is 4.90 Å². The second kappa shape index (κ2) is 9.64. The highest BCUT2D eigenvalue weighted by Gasteiger charge is 2.20. The lowest BCUT2D eigenvalue weighted by molar-refractivity contribution is -0.128. The number of anilines is 2. The number of hydrogen-bond donors (Lipinski definition) is 2. The maximum atomic E-state index is 12.6. The first-order valence-corrected chi connectivity index (χ1v) is 12.2. The number of halogens is 1. The number of nitrogens with one attached hydrogen (secondary N) is 2. The number of hydrogen-bond acceptors (Lipinski definition) is 4. The molecule has 1 aliphatic heterocycles. The molecule has 1 saturated heterocycles. The lowest BCUT2D eigenvalue weighted by Gasteiger charge is -2.15. The van der Waals surface area contributed by atoms with Crippen LogP contribution >= 0.6 is 11.6 Å². The van der Waals surface area contributed by atoms with Gasteiger partial charge < -0.3 is 10.2 Å². The number of benzene rings is 3. The Labute approximate surface area is 197 Å². The van der Waals surface area contributed by atoms with Gasteiger partial charge in [0, 0.05) is 41.5 Å². The van der Waals surface area contributed by atoms with E-state index in [1.165, 1.54) is 24.3 Å². The van der Waals surface area contributed by atoms with Crippen molar-refractivity contribution in [1.29, 1.82) is 0 Å². The molecule has 3 aromatic carbocycles. The Kier molecular flexibility index (Phi) is 6.67. The fraction of sp³-hybridized carbons (Fsp3) is 0.167. The Bertz CT molecular complexity index is 1260. The topological polar surface area (TPSA) is 95.6 Å². The molecule has 0 spiro atoms. The van der Waals surface area contributed by atoms with Crippen LogP contribution in [0.3, 0.4) is 0 Å². The van der Waals surface area contributed by atoms with Crippen molar-refractivity contribution >= 4 is 44.8 Å². The Morgan fingerprint density at radius 2 is 1.55 bits per heavy atom. The summed E-state index contributed by atoms with van der Waals surface area (Å²) in [5.74, 6) is -0.153. The molecular weight excluding hydrogens is 462 g/mol. The summed E-state index contributed by atoms with van der Waals surface area (Å²) in [5, 5.41) is 3.27. The molecule has 2 N–H and O–H groups in total. The summed E-state index contributed by atoms with van der Waals surface area (Å²) >= 11 is 5.82. The summed E-state index contributed by atoms with van der Waals surface area (Å²) in [6, 6.07) is 19.3. The van der Waals surface area contributed by atoms with Gasteiger partial charge in [-0.05, 0) is 72.6 Å². The Morgan fingerprint density at radius 3 is 2.15 bits per heavy atom. The lowest BCUT2D eigenvalue weighted by Crippen LogP contribution is -2.23. The third-order valence-corrected chi connectivity index (χ3v) is 6.93. The van der Waals surface area contributed by atoms with E-state index in [4.69, 9.17) is 11.6 Å². The predicted molar refractivity (Wildman–Crippen MR) is 128 cm³/mol. The SMILES string of the molecule is O=C(Nc1ccc(S(=O)(=O)Nc2ccc(Cl)cc2)cc1)c1ccc(CN2CCCC2=O)cc1. The van der Waals surface area contributed by atoms with Crippen molar-refractivity contribution in [2.24, 2.45) is 0 Å². The molecule has 3 aromatic rings. The summed E-state index contributed by atoms with van der Waals surface area (Å²) < 4.78 is 27.6. The monoisotopic (exact) mass is 483 g/mol. The summed E-state index contributed by atoms with van der Waals surface area (Å²) in [4.78, 5) is 26.2. The fourth-order valence-corrected chi connectivity index (χ4v) is 4.69. The van der Waals surface area contributed by atoms with Crippen LogP contribution in [-0.2, 0) is 21.4 Å². The molecule has 1 fully saturated rings. The quantitative estimate of drug-likeness (QED) is 0.516. The zero-order valence-corrected chi connectivity index (χ0v) is 19.2. The molecule has 7 nitrogen and oxygen atoms in total. The van der Waals surface area contributed by atoms with E-state index in [1.54, 1.807) is 36.4 Å². The smallest absolute Gasteiger partial charge is 0.261 e. The van der Waals surface area contributed by atoms with Gasteiger partial charge in [0.25, 0.3) is 15.9 Å². The van der Waals surface area contributed by atoms with Crippen LogP contribution < -0.4 is 10.0 Å². The number of sulfonamides is 1. The van der Waals surface area contributed by atoms with E-state index in [2.05, 4.69) is 10.0 Å². The van der Waals surface area contributed by atoms with Gasteiger partial charge >= 0.3 is 0 Å². The molecule has 0 bridgehead atoms. The molecule has 0 aromatic heterocycles. The Hall–Kier alpha value is -3.36. The first kappa shape index (κ1) is 22.8. The molecule has 0 radical (unpaired) electrons. The van der Waals surface area contributed by atoms with E-state index in [1.807, 2.05) is 17.0 Å². The van der Waals surface area contributed by atoms with Crippen molar-refractivity contribution in [3.8, 4) is 0 Å². The fourth-order valence-electron chi connectivity index (χ4n) is 3.51. The van der Waals surface area contributed by atoms with E-state index in [0.29, 0.717) is 34.9 Å². The van der Waals surface area contributed by atoms with Crippen molar-refractivity contribution in [2.45, 2.75) is 24.3 Å². The van der Waals surface area contributed by atoms with Gasteiger partial charge in [0.15, 0.2) is 0 Å². The van der Waals surface area contributed by atoms with Gasteiger partial charge in [0.1, 0.15) is 0 Å². The van der Waals surface area contributed by atoms with Crippen LogP contribution in [0.4, 0.5) is 11.4 Å². The van der Waals surface area contributed by atoms with Gasteiger partial charge in [-0.2, -0.15) is 0 Å². The summed E-state index contributed by atoms with van der Waals surface area (Å²) in [6.07, 6.45) is 1.48. The maximum Gasteiger partial charge on any atom is 0.261 e. The van der Waals surface area contributed by atoms with Crippen molar-refractivity contribution in [3.63, 3.8) is 0 Å². The van der Waals surface area contributed by atoms with Gasteiger partial charge in [-0.25, -0.2) is 8.42 Å². The molecule has 1 heterocycles. The van der Waals surface area contributed by atoms with Crippen LogP contribution in [0.5, 0.6) is 0 Å². The van der Waals surface area contributed by atoms with Crippen LogP contribution in [-0.4, -0.2) is 31.7 Å². The number of carbonyl (C=O) groups excluding carboxylic acids is 2. The zero-order valence-electron chi connectivity index (χ0n) is 17.6. The highest BCUT2D eigenvalue weighted by molar-refractivity contribution is 7.92. The first-order chi connectivity index (χ1) is 15.8. The van der Waals surface area contributed by atoms with E-state index >= 15 is 0 Å². The highest BCUT2D eigenvalue weighted by Crippen LogP contribution is 2.21. The van der Waals surface area contributed by atoms with Gasteiger partial charge in [0.05, 0.1) is 4.90 Å². The lowest BCUT2D eigenvalue weighted by atomic mass is 10.1.